The molecule has 8 heteroatoms. The van der Waals surface area contributed by atoms with Crippen molar-refractivity contribution in [2.75, 3.05) is 0 Å². The summed E-state index contributed by atoms with van der Waals surface area (Å²) in [6.07, 6.45) is 1.02. The van der Waals surface area contributed by atoms with E-state index in [0.29, 0.717) is 5.56 Å². The molecule has 3 amide bonds. The first-order valence-corrected chi connectivity index (χ1v) is 12.8. The molecule has 2 aromatic carbocycles. The summed E-state index contributed by atoms with van der Waals surface area (Å²) in [6.45, 7) is 11.0. The Bertz CT molecular complexity index is 1090. The number of phenolic OH excluding ortho intramolecular Hbond substituents is 1. The summed E-state index contributed by atoms with van der Waals surface area (Å²) in [6, 6.07) is 12.0. The van der Waals surface area contributed by atoms with Gasteiger partial charge in [0, 0.05) is 18.5 Å². The molecule has 3 rings (SSSR count). The summed E-state index contributed by atoms with van der Waals surface area (Å²) in [5, 5.41) is 15.4. The van der Waals surface area contributed by atoms with E-state index in [1.165, 1.54) is 12.1 Å². The number of aromatic hydroxyl groups is 1. The molecule has 1 saturated carbocycles. The lowest BCUT2D eigenvalue weighted by molar-refractivity contribution is -0.143. The lowest BCUT2D eigenvalue weighted by Gasteiger charge is -2.35. The number of carbonyl (C=O) groups is 3. The largest absolute Gasteiger partial charge is 0.508 e. The number of phenols is 1. The van der Waals surface area contributed by atoms with Crippen LogP contribution in [-0.4, -0.2) is 51.6 Å². The van der Waals surface area contributed by atoms with Gasteiger partial charge in [0.05, 0.1) is 0 Å². The number of hydrogen-bond acceptors (Lipinski definition) is 5. The van der Waals surface area contributed by atoms with E-state index < -0.39 is 23.8 Å². The van der Waals surface area contributed by atoms with Gasteiger partial charge in [-0.2, -0.15) is 0 Å². The highest BCUT2D eigenvalue weighted by Gasteiger charge is 2.44. The van der Waals surface area contributed by atoms with Gasteiger partial charge >= 0.3 is 6.09 Å². The van der Waals surface area contributed by atoms with Gasteiger partial charge in [0.1, 0.15) is 23.4 Å². The summed E-state index contributed by atoms with van der Waals surface area (Å²) in [5.41, 5.74) is 1.77. The van der Waals surface area contributed by atoms with Crippen molar-refractivity contribution in [3.05, 3.63) is 65.2 Å². The maximum atomic E-state index is 14.2. The molecule has 0 bridgehead atoms. The van der Waals surface area contributed by atoms with E-state index in [1.54, 1.807) is 37.8 Å². The molecule has 1 fully saturated rings. The summed E-state index contributed by atoms with van der Waals surface area (Å²) in [4.78, 5) is 42.1. The van der Waals surface area contributed by atoms with Crippen molar-refractivity contribution in [1.29, 1.82) is 0 Å². The van der Waals surface area contributed by atoms with Crippen LogP contribution >= 0.6 is 0 Å². The Hall–Kier alpha value is -3.55. The van der Waals surface area contributed by atoms with Gasteiger partial charge in [0.2, 0.25) is 11.8 Å². The lowest BCUT2D eigenvalue weighted by atomic mass is 9.99. The topological polar surface area (TPSA) is 108 Å². The van der Waals surface area contributed by atoms with Crippen molar-refractivity contribution in [1.82, 2.24) is 15.5 Å². The van der Waals surface area contributed by atoms with Crippen molar-refractivity contribution in [3.63, 3.8) is 0 Å². The van der Waals surface area contributed by atoms with E-state index in [0.717, 1.165) is 24.0 Å². The lowest BCUT2D eigenvalue weighted by Crippen LogP contribution is -2.55. The normalized spacial score (nSPS) is 15.0. The molecular formula is C29H39N3O5. The van der Waals surface area contributed by atoms with Crippen LogP contribution in [0.3, 0.4) is 0 Å². The summed E-state index contributed by atoms with van der Waals surface area (Å²) in [5.74, 6) is -0.512. The average Bonchev–Trinajstić information content (AvgIpc) is 3.62. The Morgan fingerprint density at radius 3 is 2.11 bits per heavy atom. The minimum atomic E-state index is -0.972. The number of amides is 3. The molecule has 0 heterocycles. The molecule has 0 saturated heterocycles. The van der Waals surface area contributed by atoms with Crippen molar-refractivity contribution in [2.45, 2.75) is 90.6 Å². The van der Waals surface area contributed by atoms with Crippen LogP contribution in [0.25, 0.3) is 0 Å². The highest BCUT2D eigenvalue weighted by molar-refractivity contribution is 5.92. The maximum Gasteiger partial charge on any atom is 0.408 e. The Labute approximate surface area is 219 Å². The highest BCUT2D eigenvalue weighted by atomic mass is 16.6. The molecule has 3 N–H and O–H groups in total. The van der Waals surface area contributed by atoms with Crippen molar-refractivity contribution in [3.8, 4) is 5.75 Å². The molecule has 2 aromatic rings. The molecule has 2 atom stereocenters. The van der Waals surface area contributed by atoms with E-state index in [9.17, 15) is 19.5 Å². The SMILES string of the molecule is Cc1ccc(C(C(=O)NC(C)C)N(C(=O)C(Cc2ccc(O)cc2)NC(=O)OC(C)(C)C)C2CC2)cc1. The molecular weight excluding hydrogens is 470 g/mol. The first-order valence-electron chi connectivity index (χ1n) is 12.8. The second kappa shape index (κ2) is 11.7. The van der Waals surface area contributed by atoms with Gasteiger partial charge in [-0.3, -0.25) is 9.59 Å². The Morgan fingerprint density at radius 2 is 1.59 bits per heavy atom. The number of hydrogen-bond donors (Lipinski definition) is 3. The fraction of sp³-hybridized carbons (Fsp3) is 0.483. The monoisotopic (exact) mass is 509 g/mol. The molecule has 0 aliphatic heterocycles. The number of benzene rings is 2. The van der Waals surface area contributed by atoms with Crippen LogP contribution in [0.15, 0.2) is 48.5 Å². The van der Waals surface area contributed by atoms with Crippen molar-refractivity contribution >= 4 is 17.9 Å². The predicted octanol–water partition coefficient (Wildman–Crippen LogP) is 4.39. The van der Waals surface area contributed by atoms with Gasteiger partial charge in [-0.1, -0.05) is 42.0 Å². The molecule has 2 unspecified atom stereocenters. The number of carbonyl (C=O) groups excluding carboxylic acids is 3. The third-order valence-electron chi connectivity index (χ3n) is 5.91. The van der Waals surface area contributed by atoms with Gasteiger partial charge in [-0.25, -0.2) is 4.79 Å². The average molecular weight is 510 g/mol. The second-order valence-corrected chi connectivity index (χ2v) is 11.0. The second-order valence-electron chi connectivity index (χ2n) is 11.0. The molecule has 0 radical (unpaired) electrons. The van der Waals surface area contributed by atoms with E-state index >= 15 is 0 Å². The maximum absolute atomic E-state index is 14.2. The number of alkyl carbamates (subject to hydrolysis) is 1. The van der Waals surface area contributed by atoms with Gasteiger partial charge in [-0.05, 0) is 77.6 Å². The van der Waals surface area contributed by atoms with Crippen LogP contribution in [0, 0.1) is 6.92 Å². The zero-order valence-electron chi connectivity index (χ0n) is 22.6. The first-order chi connectivity index (χ1) is 17.3. The number of nitrogens with one attached hydrogen (secondary N) is 2. The summed E-state index contributed by atoms with van der Waals surface area (Å²) in [7, 11) is 0. The van der Waals surface area contributed by atoms with Gasteiger partial charge in [0.25, 0.3) is 0 Å². The van der Waals surface area contributed by atoms with Crippen LogP contribution < -0.4 is 10.6 Å². The van der Waals surface area contributed by atoms with E-state index in [4.69, 9.17) is 4.74 Å². The molecule has 0 spiro atoms. The first kappa shape index (κ1) is 28.0. The standard InChI is InChI=1S/C29H39N3O5/c1-18(2)30-26(34)25(21-11-7-19(3)8-12-21)32(22-13-14-22)27(35)24(31-28(36)37-29(4,5)6)17-20-9-15-23(33)16-10-20/h7-12,15-16,18,22,24-25,33H,13-14,17H2,1-6H3,(H,30,34)(H,31,36). The van der Waals surface area contributed by atoms with Gasteiger partial charge in [0.15, 0.2) is 0 Å². The summed E-state index contributed by atoms with van der Waals surface area (Å²) >= 11 is 0. The molecule has 1 aliphatic carbocycles. The van der Waals surface area contributed by atoms with E-state index in [1.807, 2.05) is 45.0 Å². The van der Waals surface area contributed by atoms with Crippen molar-refractivity contribution < 1.29 is 24.2 Å². The van der Waals surface area contributed by atoms with Gasteiger partial charge < -0.3 is 25.4 Å². The molecule has 8 nitrogen and oxygen atoms in total. The van der Waals surface area contributed by atoms with E-state index in [-0.39, 0.29) is 36.1 Å². The highest BCUT2D eigenvalue weighted by Crippen LogP contribution is 2.36. The minimum Gasteiger partial charge on any atom is -0.508 e. The fourth-order valence-electron chi connectivity index (χ4n) is 4.12. The zero-order valence-corrected chi connectivity index (χ0v) is 22.6. The van der Waals surface area contributed by atoms with Crippen LogP contribution in [0.1, 0.15) is 70.2 Å². The van der Waals surface area contributed by atoms with Crippen LogP contribution in [0.5, 0.6) is 5.75 Å². The third kappa shape index (κ3) is 8.23. The molecule has 1 aliphatic rings. The minimum absolute atomic E-state index is 0.107. The fourth-order valence-corrected chi connectivity index (χ4v) is 4.12. The Balaban J connectivity index is 1.99. The molecule has 200 valence electrons. The van der Waals surface area contributed by atoms with Crippen LogP contribution in [-0.2, 0) is 20.7 Å². The van der Waals surface area contributed by atoms with Crippen LogP contribution in [0.4, 0.5) is 4.79 Å². The Kier molecular flexibility index (Phi) is 8.84. The number of aryl methyl sites for hydroxylation is 1. The van der Waals surface area contributed by atoms with Crippen molar-refractivity contribution in [2.24, 2.45) is 0 Å². The van der Waals surface area contributed by atoms with Crippen LogP contribution in [0.2, 0.25) is 0 Å². The number of nitrogens with zero attached hydrogens (tertiary/aromatic N) is 1. The molecule has 37 heavy (non-hydrogen) atoms. The quantitative estimate of drug-likeness (QED) is 0.465. The molecule has 0 aromatic heterocycles. The number of ether oxygens (including phenoxy) is 1. The zero-order chi connectivity index (χ0) is 27.3. The van der Waals surface area contributed by atoms with Gasteiger partial charge in [-0.15, -0.1) is 0 Å². The van der Waals surface area contributed by atoms with E-state index in [2.05, 4.69) is 10.6 Å². The smallest absolute Gasteiger partial charge is 0.408 e. The predicted molar refractivity (Wildman–Crippen MR) is 142 cm³/mol. The summed E-state index contributed by atoms with van der Waals surface area (Å²) < 4.78 is 5.45. The number of rotatable bonds is 9. The Morgan fingerprint density at radius 1 is 1.00 bits per heavy atom. The third-order valence-corrected chi connectivity index (χ3v) is 5.91.